The van der Waals surface area contributed by atoms with E-state index in [0.717, 1.165) is 12.6 Å². The van der Waals surface area contributed by atoms with E-state index in [1.54, 1.807) is 5.56 Å². The van der Waals surface area contributed by atoms with Crippen molar-refractivity contribution in [2.75, 3.05) is 13.1 Å². The minimum Gasteiger partial charge on any atom is -0.314 e. The van der Waals surface area contributed by atoms with Crippen LogP contribution < -0.4 is 5.32 Å². The van der Waals surface area contributed by atoms with Crippen LogP contribution in [0.25, 0.3) is 0 Å². The Hall–Kier alpha value is -0.860. The van der Waals surface area contributed by atoms with E-state index in [-0.39, 0.29) is 0 Å². The molecule has 0 saturated heterocycles. The molecule has 98 valence electrons. The second-order valence-corrected chi connectivity index (χ2v) is 5.86. The van der Waals surface area contributed by atoms with E-state index >= 15 is 0 Å². The van der Waals surface area contributed by atoms with Crippen molar-refractivity contribution in [3.05, 3.63) is 35.4 Å². The van der Waals surface area contributed by atoms with Crippen molar-refractivity contribution in [2.24, 2.45) is 0 Å². The summed E-state index contributed by atoms with van der Waals surface area (Å²) < 4.78 is 0. The third kappa shape index (κ3) is 2.93. The Bertz CT molecular complexity index is 398. The Morgan fingerprint density at radius 3 is 2.83 bits per heavy atom. The first-order valence-electron chi connectivity index (χ1n) is 7.37. The number of rotatable bonds is 5. The summed E-state index contributed by atoms with van der Waals surface area (Å²) in [5.41, 5.74) is 3.09. The van der Waals surface area contributed by atoms with Crippen LogP contribution >= 0.6 is 0 Å². The van der Waals surface area contributed by atoms with Crippen molar-refractivity contribution < 1.29 is 0 Å². The van der Waals surface area contributed by atoms with Crippen LogP contribution in [-0.4, -0.2) is 30.1 Å². The Morgan fingerprint density at radius 2 is 2.06 bits per heavy atom. The zero-order valence-corrected chi connectivity index (χ0v) is 11.4. The summed E-state index contributed by atoms with van der Waals surface area (Å²) in [6.45, 7) is 5.93. The van der Waals surface area contributed by atoms with Gasteiger partial charge in [-0.15, -0.1) is 0 Å². The van der Waals surface area contributed by atoms with E-state index in [1.165, 1.54) is 44.3 Å². The van der Waals surface area contributed by atoms with Gasteiger partial charge in [0, 0.05) is 25.2 Å². The molecule has 18 heavy (non-hydrogen) atoms. The fourth-order valence-corrected chi connectivity index (χ4v) is 2.86. The van der Waals surface area contributed by atoms with E-state index in [1.807, 2.05) is 0 Å². The van der Waals surface area contributed by atoms with Gasteiger partial charge < -0.3 is 5.32 Å². The van der Waals surface area contributed by atoms with Crippen LogP contribution in [0.4, 0.5) is 0 Å². The minimum absolute atomic E-state index is 0.699. The molecule has 2 aliphatic rings. The molecule has 2 nitrogen and oxygen atoms in total. The molecule has 1 atom stereocenters. The van der Waals surface area contributed by atoms with Gasteiger partial charge in [-0.2, -0.15) is 0 Å². The second kappa shape index (κ2) is 5.41. The summed E-state index contributed by atoms with van der Waals surface area (Å²) in [4.78, 5) is 2.64. The Kier molecular flexibility index (Phi) is 3.67. The molecule has 2 heteroatoms. The van der Waals surface area contributed by atoms with Gasteiger partial charge in [-0.1, -0.05) is 24.3 Å². The van der Waals surface area contributed by atoms with Crippen LogP contribution in [0.1, 0.15) is 37.3 Å². The fourth-order valence-electron chi connectivity index (χ4n) is 2.86. The number of hydrogen-bond donors (Lipinski definition) is 1. The molecule has 0 amide bonds. The average molecular weight is 244 g/mol. The molecule has 1 aliphatic heterocycles. The van der Waals surface area contributed by atoms with Crippen molar-refractivity contribution in [2.45, 2.75) is 51.2 Å². The van der Waals surface area contributed by atoms with Crippen molar-refractivity contribution in [1.82, 2.24) is 10.2 Å². The Labute approximate surface area is 110 Å². The summed E-state index contributed by atoms with van der Waals surface area (Å²) in [5.74, 6) is 0. The van der Waals surface area contributed by atoms with Crippen molar-refractivity contribution >= 4 is 0 Å². The van der Waals surface area contributed by atoms with Crippen LogP contribution in [0, 0.1) is 0 Å². The number of nitrogens with one attached hydrogen (secondary N) is 1. The van der Waals surface area contributed by atoms with Crippen molar-refractivity contribution in [1.29, 1.82) is 0 Å². The van der Waals surface area contributed by atoms with Gasteiger partial charge >= 0.3 is 0 Å². The molecule has 1 aromatic rings. The lowest BCUT2D eigenvalue weighted by atomic mass is 9.98. The first kappa shape index (κ1) is 12.2. The molecule has 0 spiro atoms. The third-order valence-electron chi connectivity index (χ3n) is 4.36. The zero-order valence-electron chi connectivity index (χ0n) is 11.4. The average Bonchev–Trinajstić information content (AvgIpc) is 3.22. The molecule has 0 aromatic heterocycles. The van der Waals surface area contributed by atoms with Crippen molar-refractivity contribution in [3.8, 4) is 0 Å². The smallest absolute Gasteiger partial charge is 0.0239 e. The monoisotopic (exact) mass is 244 g/mol. The first-order chi connectivity index (χ1) is 8.83. The summed E-state index contributed by atoms with van der Waals surface area (Å²) in [6.07, 6.45) is 5.28. The van der Waals surface area contributed by atoms with E-state index in [0.29, 0.717) is 6.04 Å². The molecule has 0 bridgehead atoms. The van der Waals surface area contributed by atoms with Crippen LogP contribution in [0.3, 0.4) is 0 Å². The number of nitrogens with zero attached hydrogens (tertiary/aromatic N) is 1. The zero-order chi connectivity index (χ0) is 12.4. The summed E-state index contributed by atoms with van der Waals surface area (Å²) >= 11 is 0. The van der Waals surface area contributed by atoms with Gasteiger partial charge in [-0.3, -0.25) is 4.90 Å². The van der Waals surface area contributed by atoms with Gasteiger partial charge in [0.15, 0.2) is 0 Å². The number of benzene rings is 1. The van der Waals surface area contributed by atoms with Crippen LogP contribution in [0.2, 0.25) is 0 Å². The lowest BCUT2D eigenvalue weighted by Crippen LogP contribution is -2.39. The third-order valence-corrected chi connectivity index (χ3v) is 4.36. The Balaban J connectivity index is 1.50. The van der Waals surface area contributed by atoms with E-state index in [4.69, 9.17) is 0 Å². The number of fused-ring (bicyclic) bond motifs is 1. The van der Waals surface area contributed by atoms with E-state index < -0.39 is 0 Å². The van der Waals surface area contributed by atoms with Crippen LogP contribution in [-0.2, 0) is 13.0 Å². The Morgan fingerprint density at radius 1 is 1.28 bits per heavy atom. The molecular formula is C16H24N2. The van der Waals surface area contributed by atoms with E-state index in [2.05, 4.69) is 41.4 Å². The van der Waals surface area contributed by atoms with Gasteiger partial charge in [0.05, 0.1) is 0 Å². The van der Waals surface area contributed by atoms with Crippen LogP contribution in [0.5, 0.6) is 0 Å². The topological polar surface area (TPSA) is 15.3 Å². The first-order valence-corrected chi connectivity index (χ1v) is 7.37. The maximum Gasteiger partial charge on any atom is 0.0239 e. The predicted molar refractivity (Wildman–Crippen MR) is 75.7 cm³/mol. The minimum atomic E-state index is 0.699. The number of hydrogen-bond acceptors (Lipinski definition) is 2. The molecular weight excluding hydrogens is 220 g/mol. The molecule has 1 aliphatic carbocycles. The molecule has 1 saturated carbocycles. The molecule has 0 radical (unpaired) electrons. The normalized spacial score (nSPS) is 21.6. The molecule has 1 fully saturated rings. The maximum absolute atomic E-state index is 3.62. The molecule has 1 N–H and O–H groups in total. The highest BCUT2D eigenvalue weighted by atomic mass is 15.2. The predicted octanol–water partition coefficient (Wildman–Crippen LogP) is 2.58. The second-order valence-electron chi connectivity index (χ2n) is 5.86. The summed E-state index contributed by atoms with van der Waals surface area (Å²) in [5, 5.41) is 3.62. The fraction of sp³-hybridized carbons (Fsp3) is 0.625. The van der Waals surface area contributed by atoms with Gasteiger partial charge in [-0.25, -0.2) is 0 Å². The highest BCUT2D eigenvalue weighted by Gasteiger charge is 2.22. The lowest BCUT2D eigenvalue weighted by molar-refractivity contribution is 0.181. The standard InChI is InChI=1S/C16H24N2/c1-13(8-10-17-16-6-7-16)18-11-9-14-4-2-3-5-15(14)12-18/h2-5,13,16-17H,6-12H2,1H3. The highest BCUT2D eigenvalue weighted by Crippen LogP contribution is 2.22. The lowest BCUT2D eigenvalue weighted by Gasteiger charge is -2.33. The van der Waals surface area contributed by atoms with E-state index in [9.17, 15) is 0 Å². The van der Waals surface area contributed by atoms with Gasteiger partial charge in [0.25, 0.3) is 0 Å². The maximum atomic E-state index is 3.62. The molecule has 3 rings (SSSR count). The van der Waals surface area contributed by atoms with Crippen molar-refractivity contribution in [3.63, 3.8) is 0 Å². The summed E-state index contributed by atoms with van der Waals surface area (Å²) in [6, 6.07) is 10.4. The summed E-state index contributed by atoms with van der Waals surface area (Å²) in [7, 11) is 0. The highest BCUT2D eigenvalue weighted by molar-refractivity contribution is 5.29. The largest absolute Gasteiger partial charge is 0.314 e. The molecule has 1 unspecified atom stereocenters. The SMILES string of the molecule is CC(CCNC1CC1)N1CCc2ccccc2C1. The van der Waals surface area contributed by atoms with Gasteiger partial charge in [-0.05, 0) is 50.3 Å². The quantitative estimate of drug-likeness (QED) is 0.856. The van der Waals surface area contributed by atoms with Gasteiger partial charge in [0.2, 0.25) is 0 Å². The molecule has 1 heterocycles. The molecule has 1 aromatic carbocycles. The van der Waals surface area contributed by atoms with Crippen LogP contribution in [0.15, 0.2) is 24.3 Å². The van der Waals surface area contributed by atoms with Gasteiger partial charge in [0.1, 0.15) is 0 Å².